The largest absolute Gasteiger partial charge is 0.322 e. The lowest BCUT2D eigenvalue weighted by Gasteiger charge is -2.10. The minimum Gasteiger partial charge on any atom is -0.322 e. The third-order valence-electron chi connectivity index (χ3n) is 4.12. The van der Waals surface area contributed by atoms with Gasteiger partial charge in [0.1, 0.15) is 0 Å². The SMILES string of the molecule is Cc1ccc(S(=O)(=O)Nc2ccc(C(=O)Nc3ccccc3C)cc2)cc1. The number of aryl methyl sites for hydroxylation is 2. The lowest BCUT2D eigenvalue weighted by atomic mass is 10.1. The Labute approximate surface area is 159 Å². The number of carbonyl (C=O) groups is 1. The number of carbonyl (C=O) groups excluding carboxylic acids is 1. The van der Waals surface area contributed by atoms with E-state index in [1.807, 2.05) is 38.1 Å². The highest BCUT2D eigenvalue weighted by atomic mass is 32.2. The van der Waals surface area contributed by atoms with Gasteiger partial charge in [0, 0.05) is 16.9 Å². The minimum atomic E-state index is -3.67. The monoisotopic (exact) mass is 380 g/mol. The number of hydrogen-bond donors (Lipinski definition) is 2. The Morgan fingerprint density at radius 2 is 1.44 bits per heavy atom. The van der Waals surface area contributed by atoms with Crippen molar-refractivity contribution in [3.05, 3.63) is 89.5 Å². The molecule has 0 bridgehead atoms. The second-order valence-corrected chi connectivity index (χ2v) is 7.95. The number of hydrogen-bond acceptors (Lipinski definition) is 3. The van der Waals surface area contributed by atoms with E-state index in [0.29, 0.717) is 11.3 Å². The summed E-state index contributed by atoms with van der Waals surface area (Å²) in [7, 11) is -3.67. The summed E-state index contributed by atoms with van der Waals surface area (Å²) in [4.78, 5) is 12.6. The number of nitrogens with one attached hydrogen (secondary N) is 2. The molecule has 0 aliphatic carbocycles. The van der Waals surface area contributed by atoms with Crippen LogP contribution in [0.4, 0.5) is 11.4 Å². The Hall–Kier alpha value is -3.12. The van der Waals surface area contributed by atoms with E-state index in [4.69, 9.17) is 0 Å². The highest BCUT2D eigenvalue weighted by Gasteiger charge is 2.14. The summed E-state index contributed by atoms with van der Waals surface area (Å²) in [6.07, 6.45) is 0. The van der Waals surface area contributed by atoms with Gasteiger partial charge < -0.3 is 5.32 Å². The van der Waals surface area contributed by atoms with E-state index >= 15 is 0 Å². The molecule has 0 atom stereocenters. The lowest BCUT2D eigenvalue weighted by Crippen LogP contribution is -2.14. The maximum absolute atomic E-state index is 12.4. The molecule has 0 heterocycles. The zero-order valence-corrected chi connectivity index (χ0v) is 15.9. The summed E-state index contributed by atoms with van der Waals surface area (Å²) >= 11 is 0. The molecule has 0 aliphatic rings. The highest BCUT2D eigenvalue weighted by molar-refractivity contribution is 7.92. The van der Waals surface area contributed by atoms with Crippen molar-refractivity contribution in [2.75, 3.05) is 10.0 Å². The van der Waals surface area contributed by atoms with Crippen molar-refractivity contribution < 1.29 is 13.2 Å². The molecular weight excluding hydrogens is 360 g/mol. The van der Waals surface area contributed by atoms with Crippen molar-refractivity contribution in [3.8, 4) is 0 Å². The van der Waals surface area contributed by atoms with E-state index in [1.165, 1.54) is 0 Å². The van der Waals surface area contributed by atoms with Crippen molar-refractivity contribution in [1.82, 2.24) is 0 Å². The molecule has 0 aliphatic heterocycles. The lowest BCUT2D eigenvalue weighted by molar-refractivity contribution is 0.102. The van der Waals surface area contributed by atoms with Gasteiger partial charge in [0.2, 0.25) is 0 Å². The molecule has 0 radical (unpaired) electrons. The van der Waals surface area contributed by atoms with E-state index in [1.54, 1.807) is 48.5 Å². The van der Waals surface area contributed by atoms with Gasteiger partial charge in [-0.2, -0.15) is 0 Å². The number of rotatable bonds is 5. The predicted molar refractivity (Wildman–Crippen MR) is 108 cm³/mol. The van der Waals surface area contributed by atoms with Crippen LogP contribution in [0, 0.1) is 13.8 Å². The Morgan fingerprint density at radius 1 is 0.815 bits per heavy atom. The van der Waals surface area contributed by atoms with E-state index in [2.05, 4.69) is 10.0 Å². The summed E-state index contributed by atoms with van der Waals surface area (Å²) in [5.74, 6) is -0.253. The summed E-state index contributed by atoms with van der Waals surface area (Å²) < 4.78 is 27.4. The second kappa shape index (κ2) is 7.63. The topological polar surface area (TPSA) is 75.3 Å². The van der Waals surface area contributed by atoms with Gasteiger partial charge in [0.15, 0.2) is 0 Å². The first-order valence-corrected chi connectivity index (χ1v) is 9.90. The molecule has 0 saturated heterocycles. The maximum Gasteiger partial charge on any atom is 0.261 e. The average molecular weight is 380 g/mol. The van der Waals surface area contributed by atoms with Crippen LogP contribution in [-0.4, -0.2) is 14.3 Å². The zero-order chi connectivity index (χ0) is 19.4. The Bertz CT molecular complexity index is 1060. The fourth-order valence-electron chi connectivity index (χ4n) is 2.53. The van der Waals surface area contributed by atoms with Gasteiger partial charge >= 0.3 is 0 Å². The Balaban J connectivity index is 1.72. The summed E-state index contributed by atoms with van der Waals surface area (Å²) in [6.45, 7) is 3.81. The molecule has 0 aromatic heterocycles. The van der Waals surface area contributed by atoms with Crippen LogP contribution < -0.4 is 10.0 Å². The van der Waals surface area contributed by atoms with Gasteiger partial charge in [-0.05, 0) is 61.9 Å². The number of benzene rings is 3. The van der Waals surface area contributed by atoms with Crippen LogP contribution in [0.1, 0.15) is 21.5 Å². The third kappa shape index (κ3) is 4.54. The predicted octanol–water partition coefficient (Wildman–Crippen LogP) is 4.36. The molecule has 27 heavy (non-hydrogen) atoms. The van der Waals surface area contributed by atoms with Crippen LogP contribution in [0.3, 0.4) is 0 Å². The molecule has 6 heteroatoms. The van der Waals surface area contributed by atoms with Crippen molar-refractivity contribution in [2.45, 2.75) is 18.7 Å². The second-order valence-electron chi connectivity index (χ2n) is 6.26. The van der Waals surface area contributed by atoms with Crippen molar-refractivity contribution >= 4 is 27.3 Å². The molecule has 0 spiro atoms. The minimum absolute atomic E-state index is 0.189. The van der Waals surface area contributed by atoms with E-state index in [0.717, 1.165) is 16.8 Å². The van der Waals surface area contributed by atoms with Gasteiger partial charge in [-0.3, -0.25) is 9.52 Å². The first-order chi connectivity index (χ1) is 12.8. The van der Waals surface area contributed by atoms with Crippen molar-refractivity contribution in [1.29, 1.82) is 0 Å². The van der Waals surface area contributed by atoms with Crippen LogP contribution in [0.2, 0.25) is 0 Å². The van der Waals surface area contributed by atoms with E-state index < -0.39 is 10.0 Å². The third-order valence-corrected chi connectivity index (χ3v) is 5.52. The highest BCUT2D eigenvalue weighted by Crippen LogP contribution is 2.19. The molecule has 3 aromatic rings. The van der Waals surface area contributed by atoms with Crippen LogP contribution in [0.5, 0.6) is 0 Å². The molecule has 2 N–H and O–H groups in total. The molecular formula is C21H20N2O3S. The average Bonchev–Trinajstić information content (AvgIpc) is 2.64. The molecule has 1 amide bonds. The summed E-state index contributed by atoms with van der Waals surface area (Å²) in [5, 5.41) is 2.85. The Morgan fingerprint density at radius 3 is 2.07 bits per heavy atom. The fraction of sp³-hybridized carbons (Fsp3) is 0.0952. The number of anilines is 2. The quantitative estimate of drug-likeness (QED) is 0.691. The first-order valence-electron chi connectivity index (χ1n) is 8.42. The van der Waals surface area contributed by atoms with Gasteiger partial charge in [-0.15, -0.1) is 0 Å². The molecule has 0 saturated carbocycles. The van der Waals surface area contributed by atoms with Gasteiger partial charge in [-0.1, -0.05) is 35.9 Å². The Kier molecular flexibility index (Phi) is 5.28. The number of sulfonamides is 1. The zero-order valence-electron chi connectivity index (χ0n) is 15.1. The fourth-order valence-corrected chi connectivity index (χ4v) is 3.59. The normalized spacial score (nSPS) is 11.0. The number of amides is 1. The number of para-hydroxylation sites is 1. The van der Waals surface area contributed by atoms with Gasteiger partial charge in [0.05, 0.1) is 4.90 Å². The molecule has 3 rings (SSSR count). The standard InChI is InChI=1S/C21H20N2O3S/c1-15-7-13-19(14-8-15)27(25,26)23-18-11-9-17(10-12-18)21(24)22-20-6-4-3-5-16(20)2/h3-14,23H,1-2H3,(H,22,24). The van der Waals surface area contributed by atoms with Crippen LogP contribution >= 0.6 is 0 Å². The van der Waals surface area contributed by atoms with E-state index in [-0.39, 0.29) is 10.8 Å². The maximum atomic E-state index is 12.4. The van der Waals surface area contributed by atoms with Crippen molar-refractivity contribution in [2.24, 2.45) is 0 Å². The molecule has 138 valence electrons. The molecule has 0 unspecified atom stereocenters. The van der Waals surface area contributed by atoms with Crippen LogP contribution in [0.15, 0.2) is 77.7 Å². The van der Waals surface area contributed by atoms with Gasteiger partial charge in [0.25, 0.3) is 15.9 Å². The molecule has 3 aromatic carbocycles. The molecule has 0 fully saturated rings. The smallest absolute Gasteiger partial charge is 0.261 e. The van der Waals surface area contributed by atoms with Crippen molar-refractivity contribution in [3.63, 3.8) is 0 Å². The van der Waals surface area contributed by atoms with Gasteiger partial charge in [-0.25, -0.2) is 8.42 Å². The van der Waals surface area contributed by atoms with E-state index in [9.17, 15) is 13.2 Å². The summed E-state index contributed by atoms with van der Waals surface area (Å²) in [6, 6.07) is 20.4. The van der Waals surface area contributed by atoms with Crippen LogP contribution in [0.25, 0.3) is 0 Å². The van der Waals surface area contributed by atoms with Crippen LogP contribution in [-0.2, 0) is 10.0 Å². The molecule has 5 nitrogen and oxygen atoms in total. The first kappa shape index (κ1) is 18.7. The summed E-state index contributed by atoms with van der Waals surface area (Å²) in [5.41, 5.74) is 3.53.